The van der Waals surface area contributed by atoms with E-state index >= 15 is 0 Å². The minimum absolute atomic E-state index is 0.00803. The maximum Gasteiger partial charge on any atom is 0.238 e. The highest BCUT2D eigenvalue weighted by Gasteiger charge is 2.24. The summed E-state index contributed by atoms with van der Waals surface area (Å²) >= 11 is 6.04. The lowest BCUT2D eigenvalue weighted by Gasteiger charge is -2.37. The van der Waals surface area contributed by atoms with Gasteiger partial charge in [-0.3, -0.25) is 9.69 Å². The number of carbonyl (C=O) groups is 1. The smallest absolute Gasteiger partial charge is 0.238 e. The van der Waals surface area contributed by atoms with Gasteiger partial charge in [0.25, 0.3) is 0 Å². The first-order chi connectivity index (χ1) is 9.10. The van der Waals surface area contributed by atoms with Crippen LogP contribution in [0.3, 0.4) is 0 Å². The van der Waals surface area contributed by atoms with Crippen molar-refractivity contribution in [2.75, 3.05) is 31.5 Å². The summed E-state index contributed by atoms with van der Waals surface area (Å²) in [5, 5.41) is 6.79. The van der Waals surface area contributed by atoms with Crippen molar-refractivity contribution in [1.82, 2.24) is 10.2 Å². The third kappa shape index (κ3) is 3.69. The zero-order valence-corrected chi connectivity index (χ0v) is 12.1. The molecule has 2 N–H and O–H groups in total. The number of rotatable bonds is 5. The fourth-order valence-electron chi connectivity index (χ4n) is 2.09. The number of aryl methyl sites for hydroxylation is 1. The van der Waals surface area contributed by atoms with Crippen LogP contribution in [-0.4, -0.2) is 43.0 Å². The van der Waals surface area contributed by atoms with E-state index in [0.29, 0.717) is 17.6 Å². The summed E-state index contributed by atoms with van der Waals surface area (Å²) in [7, 11) is 0. The van der Waals surface area contributed by atoms with Crippen LogP contribution in [0.2, 0.25) is 5.02 Å². The Hall–Kier alpha value is -1.10. The molecule has 0 spiro atoms. The van der Waals surface area contributed by atoms with Crippen LogP contribution in [0.5, 0.6) is 0 Å². The highest BCUT2D eigenvalue weighted by Crippen LogP contribution is 2.20. The van der Waals surface area contributed by atoms with Gasteiger partial charge in [-0.1, -0.05) is 24.6 Å². The van der Waals surface area contributed by atoms with Crippen molar-refractivity contribution in [3.05, 3.63) is 28.8 Å². The molecule has 0 saturated carbocycles. The molecule has 2 rings (SSSR count). The molecule has 1 aliphatic heterocycles. The number of benzene rings is 1. The van der Waals surface area contributed by atoms with E-state index < -0.39 is 0 Å². The Bertz CT molecular complexity index is 460. The number of nitrogens with one attached hydrogen (secondary N) is 2. The summed E-state index contributed by atoms with van der Waals surface area (Å²) in [5.74, 6) is 0.00803. The third-order valence-corrected chi connectivity index (χ3v) is 3.89. The molecule has 1 aliphatic rings. The second-order valence-electron chi connectivity index (χ2n) is 4.89. The third-order valence-electron chi connectivity index (χ3n) is 3.48. The van der Waals surface area contributed by atoms with Crippen LogP contribution in [-0.2, 0) is 4.79 Å². The van der Waals surface area contributed by atoms with Gasteiger partial charge in [0.1, 0.15) is 0 Å². The molecule has 1 saturated heterocycles. The molecule has 1 aromatic rings. The van der Waals surface area contributed by atoms with Gasteiger partial charge in [-0.15, -0.1) is 0 Å². The first-order valence-corrected chi connectivity index (χ1v) is 6.98. The molecule has 0 aliphatic carbocycles. The summed E-state index contributed by atoms with van der Waals surface area (Å²) in [6.07, 6.45) is 0. The molecule has 4 nitrogen and oxygen atoms in total. The molecule has 1 heterocycles. The van der Waals surface area contributed by atoms with Crippen LogP contribution in [0.1, 0.15) is 12.5 Å². The van der Waals surface area contributed by atoms with Crippen LogP contribution in [0.25, 0.3) is 0 Å². The Labute approximate surface area is 119 Å². The normalized spacial score (nSPS) is 15.4. The predicted molar refractivity (Wildman–Crippen MR) is 78.7 cm³/mol. The first kappa shape index (κ1) is 14.3. The van der Waals surface area contributed by atoms with Gasteiger partial charge in [0.2, 0.25) is 5.91 Å². The number of likely N-dealkylation sites (N-methyl/N-ethyl adjacent to an activating group) is 1. The molecule has 0 bridgehead atoms. The second-order valence-corrected chi connectivity index (χ2v) is 5.29. The van der Waals surface area contributed by atoms with E-state index in [0.717, 1.165) is 30.9 Å². The second kappa shape index (κ2) is 6.37. The number of anilines is 1. The van der Waals surface area contributed by atoms with E-state index in [4.69, 9.17) is 11.6 Å². The average molecular weight is 282 g/mol. The summed E-state index contributed by atoms with van der Waals surface area (Å²) < 4.78 is 0. The van der Waals surface area contributed by atoms with Gasteiger partial charge < -0.3 is 10.6 Å². The fraction of sp³-hybridized carbons (Fsp3) is 0.500. The molecule has 1 fully saturated rings. The maximum absolute atomic E-state index is 12.0. The molecule has 0 unspecified atom stereocenters. The largest absolute Gasteiger partial charge is 0.325 e. The summed E-state index contributed by atoms with van der Waals surface area (Å²) in [5.41, 5.74) is 1.76. The molecule has 104 valence electrons. The topological polar surface area (TPSA) is 44.4 Å². The minimum atomic E-state index is 0.00803. The van der Waals surface area contributed by atoms with Crippen molar-refractivity contribution in [1.29, 1.82) is 0 Å². The van der Waals surface area contributed by atoms with E-state index in [2.05, 4.69) is 22.5 Å². The van der Waals surface area contributed by atoms with Crippen molar-refractivity contribution in [3.63, 3.8) is 0 Å². The Balaban J connectivity index is 1.90. The number of hydrogen-bond donors (Lipinski definition) is 2. The number of carbonyl (C=O) groups excluding carboxylic acids is 1. The van der Waals surface area contributed by atoms with Gasteiger partial charge in [0.15, 0.2) is 0 Å². The average Bonchev–Trinajstić information content (AvgIpc) is 2.30. The number of amides is 1. The highest BCUT2D eigenvalue weighted by molar-refractivity contribution is 6.31. The predicted octanol–water partition coefficient (Wildman–Crippen LogP) is 1.88. The summed E-state index contributed by atoms with van der Waals surface area (Å²) in [4.78, 5) is 14.2. The molecule has 0 radical (unpaired) electrons. The molecule has 0 aromatic heterocycles. The van der Waals surface area contributed by atoms with E-state index in [1.807, 2.05) is 19.1 Å². The lowest BCUT2D eigenvalue weighted by molar-refractivity contribution is -0.118. The van der Waals surface area contributed by atoms with Gasteiger partial charge >= 0.3 is 0 Å². The molecule has 0 atom stereocenters. The van der Waals surface area contributed by atoms with Crippen LogP contribution < -0.4 is 10.6 Å². The lowest BCUT2D eigenvalue weighted by Crippen LogP contribution is -2.58. The van der Waals surface area contributed by atoms with Crippen LogP contribution in [0.15, 0.2) is 18.2 Å². The molecule has 1 amide bonds. The lowest BCUT2D eigenvalue weighted by atomic mass is 10.1. The van der Waals surface area contributed by atoms with E-state index in [-0.39, 0.29) is 5.91 Å². The Morgan fingerprint density at radius 3 is 2.79 bits per heavy atom. The SMILES string of the molecule is CCN(CC(=O)Nc1ccc(C)c(Cl)c1)C1CNC1. The first-order valence-electron chi connectivity index (χ1n) is 6.61. The zero-order chi connectivity index (χ0) is 13.8. The van der Waals surface area contributed by atoms with Crippen LogP contribution in [0.4, 0.5) is 5.69 Å². The summed E-state index contributed by atoms with van der Waals surface area (Å²) in [6, 6.07) is 6.05. The minimum Gasteiger partial charge on any atom is -0.325 e. The molecule has 5 heteroatoms. The summed E-state index contributed by atoms with van der Waals surface area (Å²) in [6.45, 7) is 7.27. The van der Waals surface area contributed by atoms with E-state index in [1.165, 1.54) is 0 Å². The number of halogens is 1. The van der Waals surface area contributed by atoms with Gasteiger partial charge in [0.05, 0.1) is 6.54 Å². The Morgan fingerprint density at radius 1 is 1.53 bits per heavy atom. The van der Waals surface area contributed by atoms with Crippen molar-refractivity contribution in [2.24, 2.45) is 0 Å². The van der Waals surface area contributed by atoms with E-state index in [9.17, 15) is 4.79 Å². The monoisotopic (exact) mass is 281 g/mol. The molecular weight excluding hydrogens is 262 g/mol. The standard InChI is InChI=1S/C14H20ClN3O/c1-3-18(12-7-16-8-12)9-14(19)17-11-5-4-10(2)13(15)6-11/h4-6,12,16H,3,7-9H2,1-2H3,(H,17,19). The highest BCUT2D eigenvalue weighted by atomic mass is 35.5. The van der Waals surface area contributed by atoms with Crippen LogP contribution >= 0.6 is 11.6 Å². The Kier molecular flexibility index (Phi) is 4.80. The quantitative estimate of drug-likeness (QED) is 0.866. The van der Waals surface area contributed by atoms with Gasteiger partial charge in [-0.25, -0.2) is 0 Å². The number of nitrogens with zero attached hydrogens (tertiary/aromatic N) is 1. The van der Waals surface area contributed by atoms with Gasteiger partial charge in [0, 0.05) is 29.8 Å². The van der Waals surface area contributed by atoms with Crippen LogP contribution in [0, 0.1) is 6.92 Å². The zero-order valence-electron chi connectivity index (χ0n) is 11.4. The Morgan fingerprint density at radius 2 is 2.26 bits per heavy atom. The van der Waals surface area contributed by atoms with Crippen molar-refractivity contribution in [3.8, 4) is 0 Å². The maximum atomic E-state index is 12.0. The van der Waals surface area contributed by atoms with Gasteiger partial charge in [-0.05, 0) is 31.2 Å². The molecule has 19 heavy (non-hydrogen) atoms. The van der Waals surface area contributed by atoms with Crippen molar-refractivity contribution >= 4 is 23.2 Å². The van der Waals surface area contributed by atoms with Crippen molar-refractivity contribution in [2.45, 2.75) is 19.9 Å². The van der Waals surface area contributed by atoms with Crippen molar-refractivity contribution < 1.29 is 4.79 Å². The molecular formula is C14H20ClN3O. The molecule has 1 aromatic carbocycles. The van der Waals surface area contributed by atoms with Gasteiger partial charge in [-0.2, -0.15) is 0 Å². The fourth-order valence-corrected chi connectivity index (χ4v) is 2.27. The number of hydrogen-bond acceptors (Lipinski definition) is 3. The van der Waals surface area contributed by atoms with E-state index in [1.54, 1.807) is 6.07 Å².